The number of fused-ring (bicyclic) bond motifs is 2. The molecule has 6 heteroatoms. The summed E-state index contributed by atoms with van der Waals surface area (Å²) in [6.07, 6.45) is 3.31. The van der Waals surface area contributed by atoms with Gasteiger partial charge in [0.15, 0.2) is 0 Å². The van der Waals surface area contributed by atoms with Crippen molar-refractivity contribution in [3.63, 3.8) is 0 Å². The van der Waals surface area contributed by atoms with Crippen molar-refractivity contribution in [2.24, 2.45) is 0 Å². The zero-order chi connectivity index (χ0) is 20.3. The highest BCUT2D eigenvalue weighted by Crippen LogP contribution is 2.29. The van der Waals surface area contributed by atoms with Gasteiger partial charge in [0.2, 0.25) is 5.91 Å². The van der Waals surface area contributed by atoms with Crippen LogP contribution in [-0.4, -0.2) is 53.4 Å². The number of aryl methyl sites for hydroxylation is 1. The minimum Gasteiger partial charge on any atom is -0.348 e. The van der Waals surface area contributed by atoms with E-state index in [1.54, 1.807) is 11.3 Å². The standard InChI is InChI=1S/C24H28N4OS/c29-23(25-20-10-5-7-18-6-1-2-8-19(18)20)16-27-12-14-28(15-13-27)17-24-26-21-9-3-4-11-22(21)30-24/h1-4,6,8-9,11,20H,5,7,10,12-17H2,(H,25,29)/t20-/m1/s1. The lowest BCUT2D eigenvalue weighted by molar-refractivity contribution is -0.123. The van der Waals surface area contributed by atoms with Crippen molar-refractivity contribution in [2.75, 3.05) is 32.7 Å². The molecule has 2 aliphatic rings. The molecule has 30 heavy (non-hydrogen) atoms. The van der Waals surface area contributed by atoms with Gasteiger partial charge in [-0.15, -0.1) is 11.3 Å². The second-order valence-electron chi connectivity index (χ2n) is 8.34. The van der Waals surface area contributed by atoms with Crippen LogP contribution in [-0.2, 0) is 17.8 Å². The van der Waals surface area contributed by atoms with E-state index in [0.717, 1.165) is 57.5 Å². The van der Waals surface area contributed by atoms with Gasteiger partial charge in [0, 0.05) is 26.2 Å². The van der Waals surface area contributed by atoms with Crippen molar-refractivity contribution in [3.05, 3.63) is 64.7 Å². The Kier molecular flexibility index (Phi) is 5.79. The van der Waals surface area contributed by atoms with E-state index in [9.17, 15) is 4.79 Å². The molecule has 1 saturated heterocycles. The molecule has 1 aliphatic carbocycles. The fourth-order valence-electron chi connectivity index (χ4n) is 4.63. The molecule has 0 radical (unpaired) electrons. The van der Waals surface area contributed by atoms with Crippen LogP contribution in [0, 0.1) is 0 Å². The first-order valence-corrected chi connectivity index (χ1v) is 11.7. The third-order valence-electron chi connectivity index (χ3n) is 6.23. The van der Waals surface area contributed by atoms with Crippen LogP contribution in [0.4, 0.5) is 0 Å². The lowest BCUT2D eigenvalue weighted by atomic mass is 9.88. The average molecular weight is 421 g/mol. The van der Waals surface area contributed by atoms with Crippen LogP contribution in [0.1, 0.15) is 35.0 Å². The Balaban J connectivity index is 1.11. The predicted octanol–water partition coefficient (Wildman–Crippen LogP) is 3.61. The van der Waals surface area contributed by atoms with Gasteiger partial charge in [-0.25, -0.2) is 4.98 Å². The number of nitrogens with zero attached hydrogens (tertiary/aromatic N) is 3. The minimum atomic E-state index is 0.149. The molecule has 156 valence electrons. The van der Waals surface area contributed by atoms with Gasteiger partial charge in [0.05, 0.1) is 29.3 Å². The number of hydrogen-bond donors (Lipinski definition) is 1. The Labute approximate surface area is 181 Å². The maximum Gasteiger partial charge on any atom is 0.234 e. The third-order valence-corrected chi connectivity index (χ3v) is 7.25. The highest BCUT2D eigenvalue weighted by atomic mass is 32.1. The first kappa shape index (κ1) is 19.7. The number of amides is 1. The van der Waals surface area contributed by atoms with E-state index < -0.39 is 0 Å². The van der Waals surface area contributed by atoms with Gasteiger partial charge in [-0.2, -0.15) is 0 Å². The van der Waals surface area contributed by atoms with Gasteiger partial charge in [0.25, 0.3) is 0 Å². The summed E-state index contributed by atoms with van der Waals surface area (Å²) < 4.78 is 1.26. The Morgan fingerprint density at radius 2 is 1.80 bits per heavy atom. The highest BCUT2D eigenvalue weighted by Gasteiger charge is 2.24. The van der Waals surface area contributed by atoms with E-state index in [-0.39, 0.29) is 11.9 Å². The normalized spacial score (nSPS) is 20.2. The van der Waals surface area contributed by atoms with Crippen molar-refractivity contribution >= 4 is 27.5 Å². The Hall–Kier alpha value is -2.28. The van der Waals surface area contributed by atoms with Crippen LogP contribution in [0.15, 0.2) is 48.5 Å². The summed E-state index contributed by atoms with van der Waals surface area (Å²) >= 11 is 1.79. The van der Waals surface area contributed by atoms with E-state index in [1.165, 1.54) is 20.8 Å². The lowest BCUT2D eigenvalue weighted by Crippen LogP contribution is -2.49. The molecule has 1 amide bonds. The molecule has 1 atom stereocenters. The summed E-state index contributed by atoms with van der Waals surface area (Å²) in [6, 6.07) is 17.0. The SMILES string of the molecule is O=C(CN1CCN(Cc2nc3ccccc3s2)CC1)N[C@@H]1CCCc2ccccc21. The van der Waals surface area contributed by atoms with Gasteiger partial charge < -0.3 is 5.32 Å². The summed E-state index contributed by atoms with van der Waals surface area (Å²) in [7, 11) is 0. The predicted molar refractivity (Wildman–Crippen MR) is 122 cm³/mol. The van der Waals surface area contributed by atoms with Crippen LogP contribution < -0.4 is 5.32 Å². The number of carbonyl (C=O) groups is 1. The van der Waals surface area contributed by atoms with Gasteiger partial charge in [0.1, 0.15) is 5.01 Å². The molecule has 3 aromatic rings. The van der Waals surface area contributed by atoms with Crippen LogP contribution in [0.2, 0.25) is 0 Å². The number of nitrogens with one attached hydrogen (secondary N) is 1. The van der Waals surface area contributed by atoms with Crippen molar-refractivity contribution < 1.29 is 4.79 Å². The fourth-order valence-corrected chi connectivity index (χ4v) is 5.64. The third kappa shape index (κ3) is 4.41. The number of carbonyl (C=O) groups excluding carboxylic acids is 1. The van der Waals surface area contributed by atoms with Gasteiger partial charge >= 0.3 is 0 Å². The van der Waals surface area contributed by atoms with Gasteiger partial charge in [-0.3, -0.25) is 14.6 Å². The van der Waals surface area contributed by atoms with E-state index in [4.69, 9.17) is 4.98 Å². The van der Waals surface area contributed by atoms with Gasteiger partial charge in [-0.1, -0.05) is 36.4 Å². The van der Waals surface area contributed by atoms with Crippen LogP contribution in [0.5, 0.6) is 0 Å². The molecule has 0 bridgehead atoms. The quantitative estimate of drug-likeness (QED) is 0.685. The topological polar surface area (TPSA) is 48.5 Å². The Bertz CT molecular complexity index is 992. The van der Waals surface area contributed by atoms with E-state index in [2.05, 4.69) is 57.6 Å². The molecule has 2 heterocycles. The van der Waals surface area contributed by atoms with Gasteiger partial charge in [-0.05, 0) is 42.5 Å². The molecule has 1 aromatic heterocycles. The Morgan fingerprint density at radius 1 is 1.03 bits per heavy atom. The van der Waals surface area contributed by atoms with E-state index in [0.29, 0.717) is 6.54 Å². The number of para-hydroxylation sites is 1. The minimum absolute atomic E-state index is 0.149. The highest BCUT2D eigenvalue weighted by molar-refractivity contribution is 7.18. The first-order valence-electron chi connectivity index (χ1n) is 10.9. The van der Waals surface area contributed by atoms with E-state index in [1.807, 2.05) is 6.07 Å². The maximum atomic E-state index is 12.7. The van der Waals surface area contributed by atoms with Crippen molar-refractivity contribution in [2.45, 2.75) is 31.8 Å². The van der Waals surface area contributed by atoms with Crippen molar-refractivity contribution in [1.82, 2.24) is 20.1 Å². The molecular weight excluding hydrogens is 392 g/mol. The average Bonchev–Trinajstić information content (AvgIpc) is 3.18. The van der Waals surface area contributed by atoms with Crippen LogP contribution >= 0.6 is 11.3 Å². The van der Waals surface area contributed by atoms with Crippen molar-refractivity contribution in [1.29, 1.82) is 0 Å². The van der Waals surface area contributed by atoms with E-state index >= 15 is 0 Å². The number of benzene rings is 2. The summed E-state index contributed by atoms with van der Waals surface area (Å²) in [4.78, 5) is 22.2. The number of piperazine rings is 1. The maximum absolute atomic E-state index is 12.7. The van der Waals surface area contributed by atoms with Crippen LogP contribution in [0.3, 0.4) is 0 Å². The molecular formula is C24H28N4OS. The summed E-state index contributed by atoms with van der Waals surface area (Å²) in [5.41, 5.74) is 3.78. The smallest absolute Gasteiger partial charge is 0.234 e. The lowest BCUT2D eigenvalue weighted by Gasteiger charge is -2.34. The number of hydrogen-bond acceptors (Lipinski definition) is 5. The fraction of sp³-hybridized carbons (Fsp3) is 0.417. The summed E-state index contributed by atoms with van der Waals surface area (Å²) in [5, 5.41) is 4.46. The molecule has 0 spiro atoms. The molecule has 0 unspecified atom stereocenters. The molecule has 1 N–H and O–H groups in total. The van der Waals surface area contributed by atoms with Crippen LogP contribution in [0.25, 0.3) is 10.2 Å². The molecule has 2 aromatic carbocycles. The first-order chi connectivity index (χ1) is 14.7. The largest absolute Gasteiger partial charge is 0.348 e. The zero-order valence-electron chi connectivity index (χ0n) is 17.2. The molecule has 1 aliphatic heterocycles. The molecule has 1 fully saturated rings. The summed E-state index contributed by atoms with van der Waals surface area (Å²) in [6.45, 7) is 5.22. The zero-order valence-corrected chi connectivity index (χ0v) is 18.0. The van der Waals surface area contributed by atoms with Crippen molar-refractivity contribution in [3.8, 4) is 0 Å². The summed E-state index contributed by atoms with van der Waals surface area (Å²) in [5.74, 6) is 0.149. The molecule has 5 nitrogen and oxygen atoms in total. The second kappa shape index (κ2) is 8.84. The number of thiazole rings is 1. The second-order valence-corrected chi connectivity index (χ2v) is 9.45. The number of aromatic nitrogens is 1. The number of rotatable bonds is 5. The molecule has 0 saturated carbocycles. The monoisotopic (exact) mass is 420 g/mol. The Morgan fingerprint density at radius 3 is 2.67 bits per heavy atom. The molecule has 5 rings (SSSR count).